The monoisotopic (exact) mass is 173 g/mol. The number of carbonyl (C=O) groups is 1. The summed E-state index contributed by atoms with van der Waals surface area (Å²) in [6.45, 7) is 5.94. The van der Waals surface area contributed by atoms with Crippen molar-refractivity contribution < 1.29 is 14.3 Å². The summed E-state index contributed by atoms with van der Waals surface area (Å²) < 4.78 is 10.7. The Bertz CT molecular complexity index is 191. The van der Waals surface area contributed by atoms with Gasteiger partial charge >= 0.3 is 0 Å². The van der Waals surface area contributed by atoms with Crippen LogP contribution in [0.1, 0.15) is 20.8 Å². The lowest BCUT2D eigenvalue weighted by atomic mass is 10.0. The fourth-order valence-corrected chi connectivity index (χ4v) is 1.21. The van der Waals surface area contributed by atoms with E-state index in [4.69, 9.17) is 15.2 Å². The van der Waals surface area contributed by atoms with E-state index in [1.54, 1.807) is 13.8 Å². The normalized spacial score (nSPS) is 34.6. The molecule has 1 saturated heterocycles. The van der Waals surface area contributed by atoms with Crippen molar-refractivity contribution in [2.75, 3.05) is 6.61 Å². The maximum atomic E-state index is 10.9. The molecular weight excluding hydrogens is 158 g/mol. The van der Waals surface area contributed by atoms with Crippen molar-refractivity contribution in [3.05, 3.63) is 0 Å². The van der Waals surface area contributed by atoms with Crippen molar-refractivity contribution in [3.8, 4) is 0 Å². The zero-order chi connectivity index (χ0) is 9.35. The number of nitrogens with two attached hydrogens (primary N) is 1. The standard InChI is InChI=1S/C8H15NO3/c1-5-4-11-8(2,3)12-6(5)7(9)10/h5-6H,4H2,1-3H3,(H2,9,10). The Kier molecular flexibility index (Phi) is 2.39. The lowest BCUT2D eigenvalue weighted by Crippen LogP contribution is -2.50. The molecule has 0 aromatic rings. The van der Waals surface area contributed by atoms with Crippen molar-refractivity contribution in [1.82, 2.24) is 0 Å². The minimum atomic E-state index is -0.688. The molecule has 0 spiro atoms. The van der Waals surface area contributed by atoms with Gasteiger partial charge in [0.2, 0.25) is 5.91 Å². The summed E-state index contributed by atoms with van der Waals surface area (Å²) >= 11 is 0. The molecule has 70 valence electrons. The van der Waals surface area contributed by atoms with Gasteiger partial charge < -0.3 is 15.2 Å². The van der Waals surface area contributed by atoms with Crippen LogP contribution in [0.4, 0.5) is 0 Å². The predicted octanol–water partition coefficient (Wildman–Crippen LogP) is 0.259. The molecule has 1 fully saturated rings. The quantitative estimate of drug-likeness (QED) is 0.618. The van der Waals surface area contributed by atoms with Crippen molar-refractivity contribution in [2.45, 2.75) is 32.7 Å². The third-order valence-corrected chi connectivity index (χ3v) is 1.90. The van der Waals surface area contributed by atoms with Gasteiger partial charge in [-0.3, -0.25) is 4.79 Å². The van der Waals surface area contributed by atoms with Gasteiger partial charge in [0.15, 0.2) is 5.79 Å². The van der Waals surface area contributed by atoms with E-state index in [1.165, 1.54) is 0 Å². The molecule has 12 heavy (non-hydrogen) atoms. The molecule has 0 radical (unpaired) electrons. The van der Waals surface area contributed by atoms with Gasteiger partial charge in [0.25, 0.3) is 0 Å². The maximum absolute atomic E-state index is 10.9. The van der Waals surface area contributed by atoms with Crippen LogP contribution in [0.25, 0.3) is 0 Å². The smallest absolute Gasteiger partial charge is 0.247 e. The van der Waals surface area contributed by atoms with E-state index < -0.39 is 17.8 Å². The Morgan fingerprint density at radius 3 is 2.58 bits per heavy atom. The molecule has 2 atom stereocenters. The van der Waals surface area contributed by atoms with Crippen molar-refractivity contribution in [1.29, 1.82) is 0 Å². The van der Waals surface area contributed by atoms with Crippen LogP contribution in [-0.2, 0) is 14.3 Å². The molecule has 0 bridgehead atoms. The molecule has 1 aliphatic rings. The van der Waals surface area contributed by atoms with E-state index in [2.05, 4.69) is 0 Å². The van der Waals surface area contributed by atoms with Crippen LogP contribution in [0.15, 0.2) is 0 Å². The molecular formula is C8H15NO3. The van der Waals surface area contributed by atoms with Crippen LogP contribution in [-0.4, -0.2) is 24.4 Å². The Morgan fingerprint density at radius 1 is 1.58 bits per heavy atom. The van der Waals surface area contributed by atoms with E-state index in [-0.39, 0.29) is 5.92 Å². The van der Waals surface area contributed by atoms with Crippen LogP contribution in [0.3, 0.4) is 0 Å². The average molecular weight is 173 g/mol. The van der Waals surface area contributed by atoms with E-state index >= 15 is 0 Å². The van der Waals surface area contributed by atoms with Gasteiger partial charge in [-0.15, -0.1) is 0 Å². The van der Waals surface area contributed by atoms with Crippen LogP contribution in [0.2, 0.25) is 0 Å². The van der Waals surface area contributed by atoms with Gasteiger partial charge in [-0.05, 0) is 13.8 Å². The minimum absolute atomic E-state index is 0.0375. The number of hydrogen-bond acceptors (Lipinski definition) is 3. The molecule has 4 nitrogen and oxygen atoms in total. The third-order valence-electron chi connectivity index (χ3n) is 1.90. The zero-order valence-corrected chi connectivity index (χ0v) is 7.66. The molecule has 2 N–H and O–H groups in total. The Hall–Kier alpha value is -0.610. The largest absolute Gasteiger partial charge is 0.367 e. The first kappa shape index (κ1) is 9.48. The van der Waals surface area contributed by atoms with Gasteiger partial charge in [-0.25, -0.2) is 0 Å². The number of ether oxygens (including phenoxy) is 2. The number of hydrogen-bond donors (Lipinski definition) is 1. The van der Waals surface area contributed by atoms with Crippen molar-refractivity contribution in [2.24, 2.45) is 11.7 Å². The fourth-order valence-electron chi connectivity index (χ4n) is 1.21. The van der Waals surface area contributed by atoms with E-state index in [1.807, 2.05) is 6.92 Å². The summed E-state index contributed by atoms with van der Waals surface area (Å²) in [5.41, 5.74) is 5.16. The number of primary amides is 1. The van der Waals surface area contributed by atoms with E-state index in [0.717, 1.165) is 0 Å². The molecule has 0 aromatic heterocycles. The third kappa shape index (κ3) is 1.95. The first-order valence-electron chi connectivity index (χ1n) is 4.03. The Morgan fingerprint density at radius 2 is 2.17 bits per heavy atom. The topological polar surface area (TPSA) is 61.6 Å². The van der Waals surface area contributed by atoms with E-state index in [0.29, 0.717) is 6.61 Å². The summed E-state index contributed by atoms with van der Waals surface area (Å²) in [6.07, 6.45) is -0.520. The van der Waals surface area contributed by atoms with Gasteiger partial charge in [0.1, 0.15) is 6.10 Å². The lowest BCUT2D eigenvalue weighted by Gasteiger charge is -2.38. The van der Waals surface area contributed by atoms with Crippen LogP contribution in [0.5, 0.6) is 0 Å². The maximum Gasteiger partial charge on any atom is 0.247 e. The SMILES string of the molecule is CC1COC(C)(C)OC1C(N)=O. The molecule has 1 amide bonds. The summed E-state index contributed by atoms with van der Waals surface area (Å²) in [5, 5.41) is 0. The molecule has 1 aliphatic heterocycles. The van der Waals surface area contributed by atoms with Crippen LogP contribution >= 0.6 is 0 Å². The van der Waals surface area contributed by atoms with Gasteiger partial charge in [-0.1, -0.05) is 6.92 Å². The first-order valence-corrected chi connectivity index (χ1v) is 4.03. The van der Waals surface area contributed by atoms with Crippen LogP contribution < -0.4 is 5.73 Å². The fraction of sp³-hybridized carbons (Fsp3) is 0.875. The molecule has 2 unspecified atom stereocenters. The van der Waals surface area contributed by atoms with Crippen molar-refractivity contribution >= 4 is 5.91 Å². The number of amides is 1. The Balaban J connectivity index is 2.66. The highest BCUT2D eigenvalue weighted by molar-refractivity contribution is 5.79. The summed E-state index contributed by atoms with van der Waals surface area (Å²) in [5.74, 6) is -1.07. The van der Waals surface area contributed by atoms with Crippen molar-refractivity contribution in [3.63, 3.8) is 0 Å². The second-order valence-electron chi connectivity index (χ2n) is 3.63. The molecule has 0 aromatic carbocycles. The second-order valence-corrected chi connectivity index (χ2v) is 3.63. The predicted molar refractivity (Wildman–Crippen MR) is 43.3 cm³/mol. The van der Waals surface area contributed by atoms with Gasteiger partial charge in [0.05, 0.1) is 6.61 Å². The first-order chi connectivity index (χ1) is 5.42. The molecule has 0 saturated carbocycles. The lowest BCUT2D eigenvalue weighted by molar-refractivity contribution is -0.283. The highest BCUT2D eigenvalue weighted by atomic mass is 16.7. The van der Waals surface area contributed by atoms with Gasteiger partial charge in [0, 0.05) is 5.92 Å². The second kappa shape index (κ2) is 3.03. The summed E-state index contributed by atoms with van der Waals surface area (Å²) in [4.78, 5) is 10.9. The molecule has 0 aliphatic carbocycles. The van der Waals surface area contributed by atoms with E-state index in [9.17, 15) is 4.79 Å². The number of rotatable bonds is 1. The molecule has 1 heterocycles. The average Bonchev–Trinajstić information content (AvgIpc) is 1.94. The summed E-state index contributed by atoms with van der Waals surface area (Å²) in [7, 11) is 0. The van der Waals surface area contributed by atoms with Gasteiger partial charge in [-0.2, -0.15) is 0 Å². The molecule has 1 rings (SSSR count). The highest BCUT2D eigenvalue weighted by Gasteiger charge is 2.37. The minimum Gasteiger partial charge on any atom is -0.367 e. The highest BCUT2D eigenvalue weighted by Crippen LogP contribution is 2.25. The molecule has 4 heteroatoms. The van der Waals surface area contributed by atoms with Crippen LogP contribution in [0, 0.1) is 5.92 Å². The Labute approximate surface area is 72.0 Å². The number of carbonyl (C=O) groups excluding carboxylic acids is 1. The zero-order valence-electron chi connectivity index (χ0n) is 7.66. The summed E-state index contributed by atoms with van der Waals surface area (Å²) in [6, 6.07) is 0.